The maximum absolute atomic E-state index is 11.8. The van der Waals surface area contributed by atoms with Gasteiger partial charge in [0.1, 0.15) is 0 Å². The molecule has 6 nitrogen and oxygen atoms in total. The van der Waals surface area contributed by atoms with Crippen LogP contribution in [-0.4, -0.2) is 54.7 Å². The van der Waals surface area contributed by atoms with Gasteiger partial charge in [0.05, 0.1) is 5.92 Å². The molecule has 1 saturated carbocycles. The lowest BCUT2D eigenvalue weighted by Gasteiger charge is -2.28. The first-order valence-electron chi connectivity index (χ1n) is 7.52. The van der Waals surface area contributed by atoms with Crippen LogP contribution in [0.3, 0.4) is 0 Å². The zero-order valence-corrected chi connectivity index (χ0v) is 12.1. The molecule has 1 heterocycles. The van der Waals surface area contributed by atoms with Crippen molar-refractivity contribution in [1.82, 2.24) is 15.5 Å². The summed E-state index contributed by atoms with van der Waals surface area (Å²) in [5, 5.41) is 15.0. The number of nitrogens with one attached hydrogen (secondary N) is 2. The van der Waals surface area contributed by atoms with E-state index in [1.54, 1.807) is 0 Å². The Morgan fingerprint density at radius 1 is 1.25 bits per heavy atom. The van der Waals surface area contributed by atoms with Gasteiger partial charge in [-0.15, -0.1) is 0 Å². The molecule has 2 amide bonds. The second-order valence-corrected chi connectivity index (χ2v) is 6.09. The van der Waals surface area contributed by atoms with Crippen LogP contribution in [0.25, 0.3) is 0 Å². The van der Waals surface area contributed by atoms with E-state index in [1.807, 2.05) is 7.05 Å². The molecule has 6 heteroatoms. The Bertz CT molecular complexity index is 362. The van der Waals surface area contributed by atoms with Crippen molar-refractivity contribution in [2.75, 3.05) is 26.7 Å². The van der Waals surface area contributed by atoms with E-state index in [2.05, 4.69) is 15.5 Å². The maximum atomic E-state index is 11.8. The molecule has 3 N–H and O–H groups in total. The average Bonchev–Trinajstić information content (AvgIpc) is 2.82. The minimum Gasteiger partial charge on any atom is -0.481 e. The van der Waals surface area contributed by atoms with Crippen LogP contribution in [0.5, 0.6) is 0 Å². The van der Waals surface area contributed by atoms with Gasteiger partial charge in [-0.05, 0) is 38.8 Å². The summed E-state index contributed by atoms with van der Waals surface area (Å²) in [5.74, 6) is -0.964. The first kappa shape index (κ1) is 15.1. The van der Waals surface area contributed by atoms with Crippen molar-refractivity contribution >= 4 is 12.0 Å². The molecule has 2 aliphatic rings. The Morgan fingerprint density at radius 2 is 2.00 bits per heavy atom. The van der Waals surface area contributed by atoms with Crippen molar-refractivity contribution < 1.29 is 14.7 Å². The molecule has 1 saturated heterocycles. The highest BCUT2D eigenvalue weighted by atomic mass is 16.4. The lowest BCUT2D eigenvalue weighted by Crippen LogP contribution is -2.46. The molecule has 0 aromatic rings. The van der Waals surface area contributed by atoms with Crippen molar-refractivity contribution in [3.05, 3.63) is 0 Å². The number of amides is 2. The molecule has 114 valence electrons. The van der Waals surface area contributed by atoms with Crippen LogP contribution < -0.4 is 10.6 Å². The van der Waals surface area contributed by atoms with Gasteiger partial charge in [0.15, 0.2) is 0 Å². The number of carboxylic acid groups (broad SMARTS) is 1. The number of likely N-dealkylation sites (tertiary alicyclic amines) is 1. The van der Waals surface area contributed by atoms with E-state index in [1.165, 1.54) is 0 Å². The van der Waals surface area contributed by atoms with Crippen LogP contribution in [0, 0.1) is 11.8 Å². The van der Waals surface area contributed by atoms with Crippen LogP contribution >= 0.6 is 0 Å². The third kappa shape index (κ3) is 4.10. The predicted octanol–water partition coefficient (Wildman–Crippen LogP) is 0.881. The number of nitrogens with zero attached hydrogens (tertiary/aromatic N) is 1. The summed E-state index contributed by atoms with van der Waals surface area (Å²) in [6, 6.07) is 0.0432. The first-order valence-corrected chi connectivity index (χ1v) is 7.52. The fourth-order valence-corrected chi connectivity index (χ4v) is 3.29. The van der Waals surface area contributed by atoms with E-state index in [4.69, 9.17) is 0 Å². The fraction of sp³-hybridized carbons (Fsp3) is 0.857. The predicted molar refractivity (Wildman–Crippen MR) is 75.5 cm³/mol. The SMILES string of the molecule is CN1CCC(NC(=O)NCC2CCCCC2C(=O)O)C1. The number of rotatable bonds is 4. The van der Waals surface area contributed by atoms with Gasteiger partial charge in [-0.25, -0.2) is 4.79 Å². The van der Waals surface area contributed by atoms with Gasteiger partial charge < -0.3 is 20.6 Å². The van der Waals surface area contributed by atoms with Gasteiger partial charge >= 0.3 is 12.0 Å². The zero-order chi connectivity index (χ0) is 14.5. The van der Waals surface area contributed by atoms with Gasteiger partial charge in [-0.3, -0.25) is 4.79 Å². The molecule has 20 heavy (non-hydrogen) atoms. The van der Waals surface area contributed by atoms with Gasteiger partial charge in [-0.2, -0.15) is 0 Å². The third-order valence-corrected chi connectivity index (χ3v) is 4.48. The Balaban J connectivity index is 1.73. The topological polar surface area (TPSA) is 81.7 Å². The summed E-state index contributed by atoms with van der Waals surface area (Å²) in [7, 11) is 2.04. The van der Waals surface area contributed by atoms with E-state index in [-0.39, 0.29) is 23.9 Å². The molecule has 2 rings (SSSR count). The Hall–Kier alpha value is -1.30. The highest BCUT2D eigenvalue weighted by Gasteiger charge is 2.31. The van der Waals surface area contributed by atoms with Crippen LogP contribution in [0.1, 0.15) is 32.1 Å². The van der Waals surface area contributed by atoms with Gasteiger partial charge in [0.2, 0.25) is 0 Å². The summed E-state index contributed by atoms with van der Waals surface area (Å²) < 4.78 is 0. The van der Waals surface area contributed by atoms with Crippen LogP contribution in [0.15, 0.2) is 0 Å². The van der Waals surface area contributed by atoms with Crippen molar-refractivity contribution in [2.24, 2.45) is 11.8 Å². The minimum atomic E-state index is -0.727. The zero-order valence-electron chi connectivity index (χ0n) is 12.1. The number of carboxylic acids is 1. The van der Waals surface area contributed by atoms with E-state index < -0.39 is 5.97 Å². The Morgan fingerprint density at radius 3 is 2.65 bits per heavy atom. The summed E-state index contributed by atoms with van der Waals surface area (Å²) in [6.45, 7) is 2.36. The quantitative estimate of drug-likeness (QED) is 0.715. The first-order chi connectivity index (χ1) is 9.56. The highest BCUT2D eigenvalue weighted by Crippen LogP contribution is 2.29. The van der Waals surface area contributed by atoms with Crippen molar-refractivity contribution in [3.8, 4) is 0 Å². The Kier molecular flexibility index (Phi) is 5.23. The van der Waals surface area contributed by atoms with Crippen molar-refractivity contribution in [1.29, 1.82) is 0 Å². The molecule has 3 unspecified atom stereocenters. The minimum absolute atomic E-state index is 0.0678. The standard InChI is InChI=1S/C14H25N3O3/c1-17-7-6-11(9-17)16-14(20)15-8-10-4-2-3-5-12(10)13(18)19/h10-12H,2-9H2,1H3,(H,18,19)(H2,15,16,20). The Labute approximate surface area is 119 Å². The second kappa shape index (κ2) is 6.92. The number of carbonyl (C=O) groups is 2. The number of hydrogen-bond acceptors (Lipinski definition) is 3. The maximum Gasteiger partial charge on any atom is 0.315 e. The highest BCUT2D eigenvalue weighted by molar-refractivity contribution is 5.74. The fourth-order valence-electron chi connectivity index (χ4n) is 3.29. The molecule has 2 fully saturated rings. The number of likely N-dealkylation sites (N-methyl/N-ethyl adjacent to an activating group) is 1. The molecular weight excluding hydrogens is 258 g/mol. The molecular formula is C14H25N3O3. The van der Waals surface area contributed by atoms with Crippen LogP contribution in [0.2, 0.25) is 0 Å². The van der Waals surface area contributed by atoms with E-state index in [0.29, 0.717) is 6.54 Å². The van der Waals surface area contributed by atoms with Crippen LogP contribution in [-0.2, 0) is 4.79 Å². The van der Waals surface area contributed by atoms with Crippen molar-refractivity contribution in [2.45, 2.75) is 38.1 Å². The molecule has 0 radical (unpaired) electrons. The lowest BCUT2D eigenvalue weighted by atomic mass is 9.79. The molecule has 1 aliphatic heterocycles. The summed E-state index contributed by atoms with van der Waals surface area (Å²) >= 11 is 0. The third-order valence-electron chi connectivity index (χ3n) is 4.48. The summed E-state index contributed by atoms with van der Waals surface area (Å²) in [4.78, 5) is 25.2. The largest absolute Gasteiger partial charge is 0.481 e. The monoisotopic (exact) mass is 283 g/mol. The summed E-state index contributed by atoms with van der Waals surface area (Å²) in [5.41, 5.74) is 0. The van der Waals surface area contributed by atoms with E-state index >= 15 is 0 Å². The number of hydrogen-bond donors (Lipinski definition) is 3. The van der Waals surface area contributed by atoms with E-state index in [0.717, 1.165) is 45.2 Å². The molecule has 0 aromatic carbocycles. The molecule has 3 atom stereocenters. The summed E-state index contributed by atoms with van der Waals surface area (Å²) in [6.07, 6.45) is 4.64. The van der Waals surface area contributed by atoms with Crippen LogP contribution in [0.4, 0.5) is 4.79 Å². The molecule has 0 aromatic heterocycles. The number of urea groups is 1. The van der Waals surface area contributed by atoms with Gasteiger partial charge in [-0.1, -0.05) is 12.8 Å². The molecule has 0 spiro atoms. The average molecular weight is 283 g/mol. The van der Waals surface area contributed by atoms with E-state index in [9.17, 15) is 14.7 Å². The van der Waals surface area contributed by atoms with Crippen molar-refractivity contribution in [3.63, 3.8) is 0 Å². The normalized spacial score (nSPS) is 30.9. The lowest BCUT2D eigenvalue weighted by molar-refractivity contribution is -0.144. The second-order valence-electron chi connectivity index (χ2n) is 6.09. The number of aliphatic carboxylic acids is 1. The molecule has 0 bridgehead atoms. The molecule has 1 aliphatic carbocycles. The van der Waals surface area contributed by atoms with Gasteiger partial charge in [0.25, 0.3) is 0 Å². The smallest absolute Gasteiger partial charge is 0.315 e. The van der Waals surface area contributed by atoms with Gasteiger partial charge in [0, 0.05) is 19.1 Å². The number of carbonyl (C=O) groups excluding carboxylic acids is 1.